The molecule has 290 valence electrons. The Bertz CT molecular complexity index is 842. The zero-order chi connectivity index (χ0) is 36.4. The first kappa shape index (κ1) is 48.1. The van der Waals surface area contributed by atoms with Crippen molar-refractivity contribution in [2.24, 2.45) is 0 Å². The fourth-order valence-corrected chi connectivity index (χ4v) is 6.14. The molecule has 0 fully saturated rings. The van der Waals surface area contributed by atoms with E-state index in [0.717, 1.165) is 38.5 Å². The van der Waals surface area contributed by atoms with E-state index in [1.165, 1.54) is 141 Å². The summed E-state index contributed by atoms with van der Waals surface area (Å²) >= 11 is 0. The fourth-order valence-electron chi connectivity index (χ4n) is 6.14. The number of rotatable bonds is 38. The maximum absolute atomic E-state index is 12.3. The van der Waals surface area contributed by atoms with E-state index in [9.17, 15) is 15.0 Å². The number of aliphatic hydroxyl groups is 2. The lowest BCUT2D eigenvalue weighted by Gasteiger charge is -2.19. The van der Waals surface area contributed by atoms with E-state index in [4.69, 9.17) is 0 Å². The molecule has 0 aliphatic heterocycles. The molecule has 50 heavy (non-hydrogen) atoms. The number of carbonyl (C=O) groups excluding carboxylic acids is 1. The third-order valence-corrected chi connectivity index (χ3v) is 9.46. The lowest BCUT2D eigenvalue weighted by atomic mass is 10.0. The largest absolute Gasteiger partial charge is 0.394 e. The molecule has 4 heteroatoms. The number of carbonyl (C=O) groups is 1. The molecule has 0 aromatic carbocycles. The lowest BCUT2D eigenvalue weighted by molar-refractivity contribution is -0.122. The van der Waals surface area contributed by atoms with Crippen molar-refractivity contribution < 1.29 is 15.0 Å². The zero-order valence-corrected chi connectivity index (χ0v) is 33.2. The number of nitrogens with one attached hydrogen (secondary N) is 1. The van der Waals surface area contributed by atoms with Gasteiger partial charge in [0.05, 0.1) is 18.8 Å². The van der Waals surface area contributed by atoms with E-state index in [2.05, 4.69) is 61.7 Å². The van der Waals surface area contributed by atoms with Gasteiger partial charge in [0.15, 0.2) is 0 Å². The molecule has 3 N–H and O–H groups in total. The minimum Gasteiger partial charge on any atom is -0.394 e. The van der Waals surface area contributed by atoms with E-state index in [1.54, 1.807) is 6.08 Å². The Morgan fingerprint density at radius 1 is 0.480 bits per heavy atom. The normalized spacial score (nSPS) is 13.6. The number of allylic oxidation sites excluding steroid dienone is 9. The maximum Gasteiger partial charge on any atom is 0.220 e. The summed E-state index contributed by atoms with van der Waals surface area (Å²) in [4.78, 5) is 12.3. The highest BCUT2D eigenvalue weighted by Gasteiger charge is 2.17. The lowest BCUT2D eigenvalue weighted by Crippen LogP contribution is -2.45. The Balaban J connectivity index is 3.69. The molecule has 0 spiro atoms. The van der Waals surface area contributed by atoms with Crippen LogP contribution in [0.3, 0.4) is 0 Å². The quantitative estimate of drug-likeness (QED) is 0.0444. The van der Waals surface area contributed by atoms with E-state index >= 15 is 0 Å². The Labute approximate surface area is 311 Å². The van der Waals surface area contributed by atoms with Gasteiger partial charge in [-0.1, -0.05) is 197 Å². The number of unbranched alkanes of at least 4 members (excludes halogenated alkanes) is 23. The highest BCUT2D eigenvalue weighted by molar-refractivity contribution is 5.76. The summed E-state index contributed by atoms with van der Waals surface area (Å²) in [5.74, 6) is -0.147. The molecule has 4 nitrogen and oxygen atoms in total. The van der Waals surface area contributed by atoms with Gasteiger partial charge >= 0.3 is 0 Å². The number of amides is 1. The summed E-state index contributed by atoms with van der Waals surface area (Å²) in [5.41, 5.74) is 0. The van der Waals surface area contributed by atoms with Gasteiger partial charge in [0.25, 0.3) is 0 Å². The molecule has 2 unspecified atom stereocenters. The SMILES string of the molecule is CCCCCCCC/C=C\C/C=C\CCC(=O)NC(CO)C(O)/C=C/CC/C=C/CC/C=C/CCCCCCCCCCCCCCCCC. The highest BCUT2D eigenvalue weighted by Crippen LogP contribution is 2.14. The second-order valence-electron chi connectivity index (χ2n) is 14.4. The van der Waals surface area contributed by atoms with Crippen LogP contribution in [0.4, 0.5) is 0 Å². The maximum atomic E-state index is 12.3. The van der Waals surface area contributed by atoms with Crippen molar-refractivity contribution in [2.75, 3.05) is 6.61 Å². The van der Waals surface area contributed by atoms with Crippen molar-refractivity contribution in [3.63, 3.8) is 0 Å². The van der Waals surface area contributed by atoms with Gasteiger partial charge in [-0.05, 0) is 64.2 Å². The van der Waals surface area contributed by atoms with Crippen molar-refractivity contribution in [2.45, 2.75) is 219 Å². The monoisotopic (exact) mass is 698 g/mol. The van der Waals surface area contributed by atoms with Crippen LogP contribution in [-0.2, 0) is 4.79 Å². The Kier molecular flexibility index (Phi) is 39.9. The average Bonchev–Trinajstić information content (AvgIpc) is 3.12. The molecule has 0 radical (unpaired) electrons. The molecular formula is C46H83NO3. The molecule has 0 heterocycles. The minimum absolute atomic E-state index is 0.147. The molecule has 0 aromatic heterocycles. The van der Waals surface area contributed by atoms with Gasteiger partial charge in [0, 0.05) is 6.42 Å². The van der Waals surface area contributed by atoms with E-state index < -0.39 is 12.1 Å². The van der Waals surface area contributed by atoms with E-state index in [-0.39, 0.29) is 12.5 Å². The van der Waals surface area contributed by atoms with Gasteiger partial charge in [-0.25, -0.2) is 0 Å². The summed E-state index contributed by atoms with van der Waals surface area (Å²) in [5, 5.41) is 22.9. The second kappa shape index (κ2) is 41.5. The van der Waals surface area contributed by atoms with Crippen LogP contribution < -0.4 is 5.32 Å². The van der Waals surface area contributed by atoms with Crippen molar-refractivity contribution in [3.05, 3.63) is 60.8 Å². The topological polar surface area (TPSA) is 69.6 Å². The first-order chi connectivity index (χ1) is 24.7. The standard InChI is InChI=1S/C46H83NO3/c1-3-5-7-9-11-13-15-17-18-19-20-21-22-23-24-25-26-27-28-30-31-33-35-37-39-41-45(49)44(43-48)47-46(50)42-40-38-36-34-32-29-16-14-12-10-8-6-4-2/h26-27,29,31-33,36,38-39,41,44-45,48-49H,3-25,28,30,34-35,37,40,42-43H2,1-2H3,(H,47,50)/b27-26+,32-29-,33-31+,38-36-,41-39+. The van der Waals surface area contributed by atoms with Crippen LogP contribution in [0, 0.1) is 0 Å². The molecule has 0 aromatic rings. The third-order valence-electron chi connectivity index (χ3n) is 9.46. The molecule has 0 rings (SSSR count). The molecule has 0 aliphatic rings. The molecule has 1 amide bonds. The summed E-state index contributed by atoms with van der Waals surface area (Å²) in [7, 11) is 0. The van der Waals surface area contributed by atoms with Crippen LogP contribution in [0.5, 0.6) is 0 Å². The average molecular weight is 698 g/mol. The van der Waals surface area contributed by atoms with Crippen LogP contribution in [-0.4, -0.2) is 34.9 Å². The van der Waals surface area contributed by atoms with Crippen molar-refractivity contribution >= 4 is 5.91 Å². The first-order valence-electron chi connectivity index (χ1n) is 21.5. The van der Waals surface area contributed by atoms with Crippen molar-refractivity contribution in [1.82, 2.24) is 5.32 Å². The minimum atomic E-state index is -0.894. The Hall–Kier alpha value is -1.91. The Morgan fingerprint density at radius 2 is 0.840 bits per heavy atom. The highest BCUT2D eigenvalue weighted by atomic mass is 16.3. The van der Waals surface area contributed by atoms with Gasteiger partial charge in [0.1, 0.15) is 0 Å². The number of hydrogen-bond donors (Lipinski definition) is 3. The summed E-state index contributed by atoms with van der Waals surface area (Å²) < 4.78 is 0. The predicted molar refractivity (Wildman–Crippen MR) is 221 cm³/mol. The first-order valence-corrected chi connectivity index (χ1v) is 21.5. The smallest absolute Gasteiger partial charge is 0.220 e. The van der Waals surface area contributed by atoms with Crippen molar-refractivity contribution in [1.29, 1.82) is 0 Å². The van der Waals surface area contributed by atoms with Gasteiger partial charge in [-0.2, -0.15) is 0 Å². The molecule has 0 bridgehead atoms. The second-order valence-corrected chi connectivity index (χ2v) is 14.4. The van der Waals surface area contributed by atoms with E-state index in [0.29, 0.717) is 12.8 Å². The number of hydrogen-bond acceptors (Lipinski definition) is 3. The van der Waals surface area contributed by atoms with E-state index in [1.807, 2.05) is 12.2 Å². The molecule has 0 saturated heterocycles. The van der Waals surface area contributed by atoms with Gasteiger partial charge < -0.3 is 15.5 Å². The van der Waals surface area contributed by atoms with Crippen LogP contribution in [0.1, 0.15) is 206 Å². The van der Waals surface area contributed by atoms with Gasteiger partial charge in [0.2, 0.25) is 5.91 Å². The van der Waals surface area contributed by atoms with Crippen LogP contribution in [0.2, 0.25) is 0 Å². The predicted octanol–water partition coefficient (Wildman–Crippen LogP) is 13.3. The summed E-state index contributed by atoms with van der Waals surface area (Å²) in [6.07, 6.45) is 57.8. The molecule has 0 saturated carbocycles. The Morgan fingerprint density at radius 3 is 1.28 bits per heavy atom. The molecular weight excluding hydrogens is 615 g/mol. The van der Waals surface area contributed by atoms with Crippen LogP contribution in [0.15, 0.2) is 60.8 Å². The molecule has 2 atom stereocenters. The summed E-state index contributed by atoms with van der Waals surface area (Å²) in [6, 6.07) is -0.677. The third kappa shape index (κ3) is 37.3. The summed E-state index contributed by atoms with van der Waals surface area (Å²) in [6.45, 7) is 4.25. The van der Waals surface area contributed by atoms with Gasteiger partial charge in [-0.3, -0.25) is 4.79 Å². The molecule has 0 aliphatic carbocycles. The zero-order valence-electron chi connectivity index (χ0n) is 33.2. The van der Waals surface area contributed by atoms with Gasteiger partial charge in [-0.15, -0.1) is 0 Å². The number of aliphatic hydroxyl groups excluding tert-OH is 2. The van der Waals surface area contributed by atoms with Crippen LogP contribution in [0.25, 0.3) is 0 Å². The van der Waals surface area contributed by atoms with Crippen molar-refractivity contribution in [3.8, 4) is 0 Å². The van der Waals surface area contributed by atoms with Crippen LogP contribution >= 0.6 is 0 Å². The fraction of sp³-hybridized carbons (Fsp3) is 0.761.